The molecule has 0 atom stereocenters. The summed E-state index contributed by atoms with van der Waals surface area (Å²) in [5.74, 6) is -8.84. The van der Waals surface area contributed by atoms with Crippen LogP contribution in [0.25, 0.3) is 17.0 Å². The van der Waals surface area contributed by atoms with Gasteiger partial charge >= 0.3 is 59.7 Å². The summed E-state index contributed by atoms with van der Waals surface area (Å²) in [6.45, 7) is -0.347. The lowest BCUT2D eigenvalue weighted by Crippen LogP contribution is -2.38. The maximum atomic E-state index is 13.6. The minimum atomic E-state index is -1.00. The Morgan fingerprint density at radius 1 is 0.563 bits per heavy atom. The molecule has 1 aromatic heterocycles. The second-order valence-electron chi connectivity index (χ2n) is 14.1. The monoisotopic (exact) mass is 1030 g/mol. The van der Waals surface area contributed by atoms with Crippen LogP contribution in [0.4, 0.5) is 5.69 Å². The van der Waals surface area contributed by atoms with Crippen molar-refractivity contribution < 1.29 is 114 Å². The molecule has 1 fully saturated rings. The number of hydrogen-bond donors (Lipinski definition) is 0. The molecule has 1 aliphatic heterocycles. The summed E-state index contributed by atoms with van der Waals surface area (Å²) in [6.07, 6.45) is 1.26. The van der Waals surface area contributed by atoms with Gasteiger partial charge in [-0.2, -0.15) is 0 Å². The maximum absolute atomic E-state index is 13.6. The van der Waals surface area contributed by atoms with E-state index in [0.29, 0.717) is 5.39 Å². The maximum Gasteiger partial charge on any atom is 0.328 e. The van der Waals surface area contributed by atoms with E-state index in [2.05, 4.69) is 9.47 Å². The number of furan rings is 1. The molecule has 0 bridgehead atoms. The molecule has 0 saturated carbocycles. The van der Waals surface area contributed by atoms with E-state index in [1.54, 1.807) is 0 Å². The third-order valence-corrected chi connectivity index (χ3v) is 9.00. The fourth-order valence-electron chi connectivity index (χ4n) is 5.44. The fraction of sp³-hybridized carbons (Fsp3) is 0.476. The first kappa shape index (κ1) is 57.4. The number of nitrogens with zero attached hydrogens (tertiary/aromatic N) is 4. The number of carbonyl (C=O) groups is 11. The summed E-state index contributed by atoms with van der Waals surface area (Å²) in [7, 11) is 0. The summed E-state index contributed by atoms with van der Waals surface area (Å²) in [5, 5.41) is 0.154. The molecule has 1 saturated heterocycles. The van der Waals surface area contributed by atoms with E-state index in [0.717, 1.165) is 56.2 Å². The molecule has 1 aliphatic rings. The van der Waals surface area contributed by atoms with Crippen molar-refractivity contribution >= 4 is 106 Å². The molecule has 2 heterocycles. The minimum absolute atomic E-state index is 0.00667. The number of amides is 1. The molecule has 0 radical (unpaired) electrons. The van der Waals surface area contributed by atoms with E-state index >= 15 is 0 Å². The van der Waals surface area contributed by atoms with Crippen LogP contribution in [0.5, 0.6) is 5.75 Å². The Balaban J connectivity index is 1.97. The number of ether oxygens (including phenoxy) is 12. The van der Waals surface area contributed by atoms with E-state index in [1.165, 1.54) is 29.2 Å². The third kappa shape index (κ3) is 21.1. The fourth-order valence-corrected chi connectivity index (χ4v) is 5.73. The van der Waals surface area contributed by atoms with Crippen LogP contribution in [0.2, 0.25) is 0 Å². The summed E-state index contributed by atoms with van der Waals surface area (Å²) in [5.41, 5.74) is -0.0793. The van der Waals surface area contributed by atoms with Crippen molar-refractivity contribution in [3.05, 3.63) is 29.7 Å². The molecule has 0 unspecified atom stereocenters. The summed E-state index contributed by atoms with van der Waals surface area (Å²) in [4.78, 5) is 137. The Bertz CT molecular complexity index is 2280. The predicted octanol–water partition coefficient (Wildman–Crippen LogP) is 0.00300. The molecular formula is C42H50N4O24S. The van der Waals surface area contributed by atoms with Gasteiger partial charge in [0.05, 0.1) is 32.0 Å². The van der Waals surface area contributed by atoms with Crippen molar-refractivity contribution in [1.82, 2.24) is 14.7 Å². The van der Waals surface area contributed by atoms with Gasteiger partial charge < -0.3 is 66.2 Å². The van der Waals surface area contributed by atoms with Crippen LogP contribution < -0.4 is 9.64 Å². The van der Waals surface area contributed by atoms with Gasteiger partial charge in [-0.1, -0.05) is 0 Å². The van der Waals surface area contributed by atoms with Crippen LogP contribution in [0.3, 0.4) is 0 Å². The smallest absolute Gasteiger partial charge is 0.328 e. The predicted molar refractivity (Wildman–Crippen MR) is 235 cm³/mol. The summed E-state index contributed by atoms with van der Waals surface area (Å²) >= 11 is 5.42. The van der Waals surface area contributed by atoms with Gasteiger partial charge in [0.1, 0.15) is 42.5 Å². The quantitative estimate of drug-likeness (QED) is 0.0259. The molecule has 2 aromatic rings. The molecule has 388 valence electrons. The number of carbonyl (C=O) groups excluding carboxylic acids is 11. The van der Waals surface area contributed by atoms with Crippen molar-refractivity contribution in [3.8, 4) is 5.75 Å². The van der Waals surface area contributed by atoms with E-state index < -0.39 is 132 Å². The topological polar surface area (TPSA) is 325 Å². The molecule has 0 aliphatic carbocycles. The lowest BCUT2D eigenvalue weighted by Gasteiger charge is -2.25. The SMILES string of the molecule is CC(=O)OCOC(=O)CN(CCOCCOc1cc2cc(C=C3C(=O)N(COC(C)=O)C(=S)N3COC(C)=O)oc2cc1N(CC(=O)OCOC(C)=O)CC(=O)OCOC(C)=O)CC(=O)OCOC(C)=O. The Kier molecular flexibility index (Phi) is 23.6. The highest BCUT2D eigenvalue weighted by Crippen LogP contribution is 2.36. The number of fused-ring (bicyclic) bond motifs is 1. The molecule has 1 amide bonds. The molecule has 71 heavy (non-hydrogen) atoms. The molecule has 0 N–H and O–H groups in total. The number of esters is 10. The largest absolute Gasteiger partial charge is 0.489 e. The van der Waals surface area contributed by atoms with Crippen LogP contribution in [-0.2, 0) is 105 Å². The summed E-state index contributed by atoms with van der Waals surface area (Å²) < 4.78 is 66.3. The molecule has 3 rings (SSSR count). The van der Waals surface area contributed by atoms with Gasteiger partial charge in [-0.25, -0.2) is 4.90 Å². The Labute approximate surface area is 408 Å². The van der Waals surface area contributed by atoms with E-state index in [-0.39, 0.29) is 60.0 Å². The molecule has 28 nitrogen and oxygen atoms in total. The number of benzene rings is 1. The van der Waals surface area contributed by atoms with Gasteiger partial charge in [0, 0.05) is 65.6 Å². The van der Waals surface area contributed by atoms with Gasteiger partial charge in [0.15, 0.2) is 18.6 Å². The zero-order valence-electron chi connectivity index (χ0n) is 39.2. The minimum Gasteiger partial charge on any atom is -0.489 e. The molecular weight excluding hydrogens is 977 g/mol. The van der Waals surface area contributed by atoms with Gasteiger partial charge in [0.25, 0.3) is 5.91 Å². The van der Waals surface area contributed by atoms with Crippen LogP contribution in [0, 0.1) is 0 Å². The number of anilines is 1. The van der Waals surface area contributed by atoms with Crippen molar-refractivity contribution in [1.29, 1.82) is 0 Å². The number of hydrogen-bond acceptors (Lipinski definition) is 27. The molecule has 29 heteroatoms. The second kappa shape index (κ2) is 29.2. The van der Waals surface area contributed by atoms with Crippen molar-refractivity contribution in [2.24, 2.45) is 0 Å². The lowest BCUT2D eigenvalue weighted by atomic mass is 10.2. The van der Waals surface area contributed by atoms with Crippen LogP contribution >= 0.6 is 12.2 Å². The molecule has 1 aromatic carbocycles. The first-order valence-corrected chi connectivity index (χ1v) is 21.1. The standard InChI is InChI=1S/C42H50N4O24S/c1-25(47)60-19-45-34(41(57)46(42(45)71)20-61-26(2)48)13-32-11-31-12-36(33(14-35(31)70-32)44(17-39(55)68-23-64-29(5)51)18-40(56)69-24-65-30(6)52)59-10-9-58-8-7-43(15-37(53)66-21-62-27(3)49)16-38(54)67-22-63-28(4)50/h11-14H,7-10,15-24H2,1-6H3. The van der Waals surface area contributed by atoms with E-state index in [1.807, 2.05) is 0 Å². The van der Waals surface area contributed by atoms with E-state index in [4.69, 9.17) is 64.0 Å². The zero-order chi connectivity index (χ0) is 52.6. The van der Waals surface area contributed by atoms with E-state index in [9.17, 15) is 52.7 Å². The van der Waals surface area contributed by atoms with Crippen molar-refractivity contribution in [2.75, 3.05) is 98.1 Å². The average molecular weight is 1030 g/mol. The second-order valence-corrected chi connectivity index (χ2v) is 14.5. The van der Waals surface area contributed by atoms with Crippen LogP contribution in [-0.4, -0.2) is 179 Å². The number of thiocarbonyl (C=S) groups is 1. The van der Waals surface area contributed by atoms with Crippen LogP contribution in [0.15, 0.2) is 28.3 Å². The van der Waals surface area contributed by atoms with Gasteiger partial charge in [-0.05, 0) is 24.4 Å². The summed E-state index contributed by atoms with van der Waals surface area (Å²) in [6, 6.07) is 4.27. The van der Waals surface area contributed by atoms with Crippen molar-refractivity contribution in [3.63, 3.8) is 0 Å². The Hall–Kier alpha value is -7.92. The highest BCUT2D eigenvalue weighted by atomic mass is 32.1. The normalized spacial score (nSPS) is 12.5. The Morgan fingerprint density at radius 3 is 1.48 bits per heavy atom. The van der Waals surface area contributed by atoms with Gasteiger partial charge in [-0.15, -0.1) is 0 Å². The first-order chi connectivity index (χ1) is 33.6. The van der Waals surface area contributed by atoms with Gasteiger partial charge in [0.2, 0.25) is 27.2 Å². The highest BCUT2D eigenvalue weighted by Gasteiger charge is 2.39. The first-order valence-electron chi connectivity index (χ1n) is 20.7. The number of rotatable bonds is 29. The Morgan fingerprint density at radius 2 is 1.01 bits per heavy atom. The molecule has 0 spiro atoms. The van der Waals surface area contributed by atoms with Crippen molar-refractivity contribution in [2.45, 2.75) is 41.5 Å². The third-order valence-electron chi connectivity index (χ3n) is 8.56. The van der Waals surface area contributed by atoms with Gasteiger partial charge in [-0.3, -0.25) is 62.5 Å². The highest BCUT2D eigenvalue weighted by molar-refractivity contribution is 7.80. The van der Waals surface area contributed by atoms with Crippen LogP contribution in [0.1, 0.15) is 47.3 Å². The average Bonchev–Trinajstić information content (AvgIpc) is 3.76. The zero-order valence-corrected chi connectivity index (χ0v) is 40.0. The lowest BCUT2D eigenvalue weighted by molar-refractivity contribution is -0.170.